The molecule has 8 heavy (non-hydrogen) atoms. The molecule has 48 valence electrons. The second-order valence-electron chi connectivity index (χ2n) is 2.45. The van der Waals surface area contributed by atoms with E-state index >= 15 is 0 Å². The Bertz CT molecular complexity index is 72.9. The first-order chi connectivity index (χ1) is 3.88. The molecule has 0 saturated heterocycles. The summed E-state index contributed by atoms with van der Waals surface area (Å²) in [5.74, 6) is 0.907. The predicted molar refractivity (Wildman–Crippen MR) is 34.9 cm³/mol. The molecule has 0 aromatic heterocycles. The van der Waals surface area contributed by atoms with Gasteiger partial charge in [-0.15, -0.1) is 0 Å². The van der Waals surface area contributed by atoms with E-state index in [0.717, 1.165) is 12.0 Å². The molecule has 0 amide bonds. The molecule has 0 aromatic carbocycles. The summed E-state index contributed by atoms with van der Waals surface area (Å²) in [4.78, 5) is 0. The van der Waals surface area contributed by atoms with E-state index in [1.165, 1.54) is 13.0 Å². The molecule has 0 heterocycles. The van der Waals surface area contributed by atoms with Crippen LogP contribution in [0.3, 0.4) is 0 Å². The van der Waals surface area contributed by atoms with Gasteiger partial charge in [-0.3, -0.25) is 0 Å². The van der Waals surface area contributed by atoms with Crippen LogP contribution in [0.5, 0.6) is 0 Å². The van der Waals surface area contributed by atoms with E-state index in [1.807, 2.05) is 14.1 Å². The monoisotopic (exact) mass is 114 g/mol. The van der Waals surface area contributed by atoms with Gasteiger partial charge in [0, 0.05) is 6.04 Å². The van der Waals surface area contributed by atoms with Crippen LogP contribution in [0.1, 0.15) is 6.42 Å². The highest BCUT2D eigenvalue weighted by atomic mass is 15.0. The lowest BCUT2D eigenvalue weighted by Crippen LogP contribution is -2.17. The summed E-state index contributed by atoms with van der Waals surface area (Å²) in [6.45, 7) is 1.17. The van der Waals surface area contributed by atoms with Crippen LogP contribution in [-0.2, 0) is 0 Å². The third kappa shape index (κ3) is 1.20. The van der Waals surface area contributed by atoms with Crippen molar-refractivity contribution in [2.45, 2.75) is 12.5 Å². The van der Waals surface area contributed by atoms with E-state index in [2.05, 4.69) is 10.6 Å². The van der Waals surface area contributed by atoms with Crippen LogP contribution in [0.4, 0.5) is 0 Å². The van der Waals surface area contributed by atoms with E-state index in [9.17, 15) is 0 Å². The minimum atomic E-state index is 0.808. The van der Waals surface area contributed by atoms with Gasteiger partial charge in [0.15, 0.2) is 0 Å². The molecule has 2 atom stereocenters. The second-order valence-corrected chi connectivity index (χ2v) is 2.45. The van der Waals surface area contributed by atoms with Crippen LogP contribution in [0.15, 0.2) is 0 Å². The van der Waals surface area contributed by atoms with Gasteiger partial charge >= 0.3 is 0 Å². The normalized spacial score (nSPS) is 35.2. The summed E-state index contributed by atoms with van der Waals surface area (Å²) >= 11 is 0. The fraction of sp³-hybridized carbons (Fsp3) is 1.00. The van der Waals surface area contributed by atoms with Crippen LogP contribution in [0.2, 0.25) is 0 Å². The van der Waals surface area contributed by atoms with E-state index in [4.69, 9.17) is 0 Å². The Morgan fingerprint density at radius 1 is 1.50 bits per heavy atom. The molecular formula is C6H14N2. The van der Waals surface area contributed by atoms with Crippen LogP contribution in [0.25, 0.3) is 0 Å². The fourth-order valence-corrected chi connectivity index (χ4v) is 1.09. The summed E-state index contributed by atoms with van der Waals surface area (Å²) in [6, 6.07) is 0.808. The Labute approximate surface area is 50.7 Å². The van der Waals surface area contributed by atoms with Crippen molar-refractivity contribution in [1.29, 1.82) is 0 Å². The smallest absolute Gasteiger partial charge is 0.0109 e. The van der Waals surface area contributed by atoms with E-state index in [0.29, 0.717) is 0 Å². The molecule has 2 nitrogen and oxygen atoms in total. The largest absolute Gasteiger partial charge is 0.319 e. The highest BCUT2D eigenvalue weighted by Gasteiger charge is 2.34. The standard InChI is InChI=1S/C6H14N2/c1-7-4-5-3-6(5)8-2/h5-8H,3-4H2,1-2H3. The van der Waals surface area contributed by atoms with Crippen LogP contribution in [-0.4, -0.2) is 26.7 Å². The molecule has 2 heteroatoms. The summed E-state index contributed by atoms with van der Waals surface area (Å²) < 4.78 is 0. The molecule has 1 aliphatic carbocycles. The quantitative estimate of drug-likeness (QED) is 0.531. The lowest BCUT2D eigenvalue weighted by molar-refractivity contribution is 0.654. The summed E-state index contributed by atoms with van der Waals surface area (Å²) in [6.07, 6.45) is 1.36. The molecule has 1 rings (SSSR count). The van der Waals surface area contributed by atoms with Crippen molar-refractivity contribution >= 4 is 0 Å². The lowest BCUT2D eigenvalue weighted by Gasteiger charge is -1.94. The third-order valence-corrected chi connectivity index (χ3v) is 1.76. The molecule has 0 spiro atoms. The zero-order valence-electron chi connectivity index (χ0n) is 5.57. The van der Waals surface area contributed by atoms with E-state index < -0.39 is 0 Å². The number of hydrogen-bond acceptors (Lipinski definition) is 2. The predicted octanol–water partition coefficient (Wildman–Crippen LogP) is -0.186. The maximum absolute atomic E-state index is 3.23. The molecule has 1 aliphatic rings. The van der Waals surface area contributed by atoms with Gasteiger partial charge in [-0.2, -0.15) is 0 Å². The Kier molecular flexibility index (Phi) is 1.86. The van der Waals surface area contributed by atoms with Gasteiger partial charge in [0.2, 0.25) is 0 Å². The SMILES string of the molecule is CNCC1CC1NC. The molecule has 0 radical (unpaired) electrons. The second kappa shape index (κ2) is 2.46. The van der Waals surface area contributed by atoms with Crippen LogP contribution in [0, 0.1) is 5.92 Å². The van der Waals surface area contributed by atoms with Crippen LogP contribution >= 0.6 is 0 Å². The van der Waals surface area contributed by atoms with E-state index in [1.54, 1.807) is 0 Å². The van der Waals surface area contributed by atoms with Gasteiger partial charge in [0.05, 0.1) is 0 Å². The minimum absolute atomic E-state index is 0.808. The minimum Gasteiger partial charge on any atom is -0.319 e. The molecular weight excluding hydrogens is 100 g/mol. The van der Waals surface area contributed by atoms with Gasteiger partial charge in [-0.05, 0) is 33.0 Å². The summed E-state index contributed by atoms with van der Waals surface area (Å²) in [5, 5.41) is 6.39. The van der Waals surface area contributed by atoms with Gasteiger partial charge in [0.25, 0.3) is 0 Å². The zero-order chi connectivity index (χ0) is 5.98. The van der Waals surface area contributed by atoms with Gasteiger partial charge in [0.1, 0.15) is 0 Å². The van der Waals surface area contributed by atoms with Crippen molar-refractivity contribution in [3.63, 3.8) is 0 Å². The molecule has 0 aromatic rings. The first-order valence-electron chi connectivity index (χ1n) is 3.20. The maximum atomic E-state index is 3.23. The Morgan fingerprint density at radius 3 is 2.62 bits per heavy atom. The molecule has 0 bridgehead atoms. The Hall–Kier alpha value is -0.0800. The lowest BCUT2D eigenvalue weighted by atomic mass is 10.4. The Balaban J connectivity index is 1.99. The average molecular weight is 114 g/mol. The number of hydrogen-bond donors (Lipinski definition) is 2. The molecule has 1 fully saturated rings. The number of nitrogens with one attached hydrogen (secondary N) is 2. The van der Waals surface area contributed by atoms with Gasteiger partial charge in [-0.1, -0.05) is 0 Å². The molecule has 0 aliphatic heterocycles. The van der Waals surface area contributed by atoms with Crippen molar-refractivity contribution in [2.75, 3.05) is 20.6 Å². The first-order valence-corrected chi connectivity index (χ1v) is 3.20. The van der Waals surface area contributed by atoms with Crippen molar-refractivity contribution in [3.05, 3.63) is 0 Å². The first kappa shape index (κ1) is 6.05. The van der Waals surface area contributed by atoms with Crippen molar-refractivity contribution in [2.24, 2.45) is 5.92 Å². The highest BCUT2D eigenvalue weighted by molar-refractivity contribution is 4.92. The topological polar surface area (TPSA) is 24.1 Å². The van der Waals surface area contributed by atoms with Gasteiger partial charge in [-0.25, -0.2) is 0 Å². The van der Waals surface area contributed by atoms with Crippen molar-refractivity contribution in [3.8, 4) is 0 Å². The summed E-state index contributed by atoms with van der Waals surface area (Å²) in [7, 11) is 4.03. The Morgan fingerprint density at radius 2 is 2.25 bits per heavy atom. The number of rotatable bonds is 3. The molecule has 2 N–H and O–H groups in total. The maximum Gasteiger partial charge on any atom is 0.0109 e. The van der Waals surface area contributed by atoms with Gasteiger partial charge < -0.3 is 10.6 Å². The average Bonchev–Trinajstić information content (AvgIpc) is 2.48. The molecule has 2 unspecified atom stereocenters. The summed E-state index contributed by atoms with van der Waals surface area (Å²) in [5.41, 5.74) is 0. The van der Waals surface area contributed by atoms with E-state index in [-0.39, 0.29) is 0 Å². The highest BCUT2D eigenvalue weighted by Crippen LogP contribution is 2.28. The third-order valence-electron chi connectivity index (χ3n) is 1.76. The zero-order valence-corrected chi connectivity index (χ0v) is 5.57. The van der Waals surface area contributed by atoms with Crippen molar-refractivity contribution < 1.29 is 0 Å². The molecule has 1 saturated carbocycles. The van der Waals surface area contributed by atoms with Crippen LogP contribution < -0.4 is 10.6 Å². The fourth-order valence-electron chi connectivity index (χ4n) is 1.09. The van der Waals surface area contributed by atoms with Crippen molar-refractivity contribution in [1.82, 2.24) is 10.6 Å².